The molecule has 0 fully saturated rings. The van der Waals surface area contributed by atoms with Crippen LogP contribution in [-0.4, -0.2) is 21.2 Å². The van der Waals surface area contributed by atoms with Crippen molar-refractivity contribution in [3.05, 3.63) is 85.6 Å². The standard InChI is InChI=1S/C7H6ClNO.C5H3Cl2N.C5H2Cl2N.Li/c1-5-2-3-9-7(8)6(5)4-10;2*6-4-1-2-8-5(7)3-4;/h2-4H,1H3;1-3H;1-2H;/q;;-1;+1. The molecule has 0 bridgehead atoms. The SMILES string of the molecule is Cc1ccnc(Cl)c1C=O.Clc1[c-]c(Cl)ncc1.Clc1ccnc(Cl)c1.[Li+]. The number of aromatic nitrogens is 3. The maximum atomic E-state index is 10.3. The third-order valence-electron chi connectivity index (χ3n) is 2.60. The van der Waals surface area contributed by atoms with Crippen molar-refractivity contribution in [2.75, 3.05) is 0 Å². The third-order valence-corrected chi connectivity index (χ3v) is 3.75. The second-order valence-corrected chi connectivity index (χ2v) is 6.40. The van der Waals surface area contributed by atoms with E-state index in [1.54, 1.807) is 36.7 Å². The number of halogens is 5. The molecule has 3 rings (SSSR count). The Kier molecular flexibility index (Phi) is 13.8. The van der Waals surface area contributed by atoms with Crippen LogP contribution in [0.4, 0.5) is 0 Å². The zero-order valence-electron chi connectivity index (χ0n) is 14.3. The molecule has 0 aromatic carbocycles. The van der Waals surface area contributed by atoms with E-state index in [-0.39, 0.29) is 24.0 Å². The van der Waals surface area contributed by atoms with E-state index in [1.807, 2.05) is 6.92 Å². The monoisotopic (exact) mass is 455 g/mol. The van der Waals surface area contributed by atoms with E-state index in [2.05, 4.69) is 21.0 Å². The molecular formula is C17H11Cl5LiN3O. The van der Waals surface area contributed by atoms with Gasteiger partial charge in [0, 0.05) is 22.6 Å². The first kappa shape index (κ1) is 26.2. The first-order chi connectivity index (χ1) is 12.3. The average molecular weight is 458 g/mol. The summed E-state index contributed by atoms with van der Waals surface area (Å²) in [4.78, 5) is 21.5. The minimum atomic E-state index is 0. The molecule has 0 radical (unpaired) electrons. The van der Waals surface area contributed by atoms with Crippen molar-refractivity contribution in [2.24, 2.45) is 0 Å². The molecule has 0 atom stereocenters. The molecule has 0 aliphatic heterocycles. The Morgan fingerprint density at radius 3 is 1.93 bits per heavy atom. The number of carbonyl (C=O) groups excluding carboxylic acids is 1. The van der Waals surface area contributed by atoms with Gasteiger partial charge in [0.15, 0.2) is 6.29 Å². The van der Waals surface area contributed by atoms with Crippen LogP contribution in [0, 0.1) is 13.0 Å². The van der Waals surface area contributed by atoms with Gasteiger partial charge < -0.3 is 0 Å². The van der Waals surface area contributed by atoms with Gasteiger partial charge in [0.2, 0.25) is 0 Å². The van der Waals surface area contributed by atoms with Crippen molar-refractivity contribution in [1.29, 1.82) is 0 Å². The van der Waals surface area contributed by atoms with Crippen molar-refractivity contribution in [1.82, 2.24) is 15.0 Å². The van der Waals surface area contributed by atoms with Crippen LogP contribution in [-0.2, 0) is 0 Å². The fraction of sp³-hybridized carbons (Fsp3) is 0.0588. The van der Waals surface area contributed by atoms with Crippen LogP contribution in [0.25, 0.3) is 0 Å². The Balaban J connectivity index is 0.000000372. The maximum absolute atomic E-state index is 10.3. The van der Waals surface area contributed by atoms with Crippen LogP contribution in [0.15, 0.2) is 42.9 Å². The van der Waals surface area contributed by atoms with Gasteiger partial charge in [-0.3, -0.25) is 9.78 Å². The number of aldehydes is 1. The molecular weight excluding hydrogens is 446 g/mol. The molecule has 3 heterocycles. The van der Waals surface area contributed by atoms with Crippen molar-refractivity contribution < 1.29 is 23.7 Å². The third kappa shape index (κ3) is 10.9. The van der Waals surface area contributed by atoms with Gasteiger partial charge in [-0.1, -0.05) is 52.6 Å². The van der Waals surface area contributed by atoms with Gasteiger partial charge in [0.25, 0.3) is 0 Å². The van der Waals surface area contributed by atoms with Gasteiger partial charge in [0.05, 0.1) is 5.56 Å². The van der Waals surface area contributed by atoms with Gasteiger partial charge >= 0.3 is 18.9 Å². The number of rotatable bonds is 1. The van der Waals surface area contributed by atoms with Crippen LogP contribution in [0.2, 0.25) is 25.5 Å². The van der Waals surface area contributed by atoms with E-state index < -0.39 is 0 Å². The first-order valence-electron chi connectivity index (χ1n) is 6.86. The molecule has 3 aromatic rings. The summed E-state index contributed by atoms with van der Waals surface area (Å²) in [7, 11) is 0. The normalized spacial score (nSPS) is 8.96. The Morgan fingerprint density at radius 2 is 1.56 bits per heavy atom. The molecule has 0 spiro atoms. The van der Waals surface area contributed by atoms with Crippen LogP contribution in [0.1, 0.15) is 15.9 Å². The maximum Gasteiger partial charge on any atom is 1.00 e. The van der Waals surface area contributed by atoms with E-state index in [4.69, 9.17) is 58.0 Å². The minimum Gasteiger partial charge on any atom is -0.298 e. The van der Waals surface area contributed by atoms with Crippen LogP contribution < -0.4 is 18.9 Å². The minimum absolute atomic E-state index is 0. The Bertz CT molecular complexity index is 769. The predicted octanol–water partition coefficient (Wildman–Crippen LogP) is 3.44. The molecule has 136 valence electrons. The molecule has 0 unspecified atom stereocenters. The summed E-state index contributed by atoms with van der Waals surface area (Å²) in [6, 6.07) is 9.21. The van der Waals surface area contributed by atoms with Gasteiger partial charge in [-0.15, -0.1) is 16.6 Å². The number of nitrogens with zero attached hydrogens (tertiary/aromatic N) is 3. The summed E-state index contributed by atoms with van der Waals surface area (Å²) >= 11 is 27.4. The molecule has 4 nitrogen and oxygen atoms in total. The van der Waals surface area contributed by atoms with E-state index in [9.17, 15) is 4.79 Å². The molecule has 0 aliphatic carbocycles. The number of pyridine rings is 3. The molecule has 0 N–H and O–H groups in total. The fourth-order valence-electron chi connectivity index (χ4n) is 1.40. The van der Waals surface area contributed by atoms with Gasteiger partial charge in [-0.2, -0.15) is 12.1 Å². The molecule has 10 heteroatoms. The number of hydrogen-bond acceptors (Lipinski definition) is 4. The second-order valence-electron chi connectivity index (χ2n) is 4.46. The van der Waals surface area contributed by atoms with Gasteiger partial charge in [0.1, 0.15) is 10.3 Å². The Morgan fingerprint density at radius 1 is 0.926 bits per heavy atom. The van der Waals surface area contributed by atoms with Crippen LogP contribution in [0.5, 0.6) is 0 Å². The Hall–Kier alpha value is -0.833. The van der Waals surface area contributed by atoms with E-state index in [0.717, 1.165) is 5.56 Å². The summed E-state index contributed by atoms with van der Waals surface area (Å²) < 4.78 is 0. The first-order valence-corrected chi connectivity index (χ1v) is 8.75. The summed E-state index contributed by atoms with van der Waals surface area (Å²) in [5.41, 5.74) is 1.33. The molecule has 0 aliphatic rings. The summed E-state index contributed by atoms with van der Waals surface area (Å²) in [6.45, 7) is 1.82. The van der Waals surface area contributed by atoms with Crippen molar-refractivity contribution >= 4 is 64.3 Å². The van der Waals surface area contributed by atoms with Gasteiger partial charge in [-0.25, -0.2) is 9.97 Å². The predicted molar refractivity (Wildman–Crippen MR) is 107 cm³/mol. The van der Waals surface area contributed by atoms with Gasteiger partial charge in [-0.05, 0) is 30.7 Å². The molecule has 3 aromatic heterocycles. The van der Waals surface area contributed by atoms with Crippen molar-refractivity contribution in [3.8, 4) is 0 Å². The van der Waals surface area contributed by atoms with Crippen LogP contribution >= 0.6 is 58.0 Å². The number of aryl methyl sites for hydroxylation is 1. The van der Waals surface area contributed by atoms with Crippen molar-refractivity contribution in [2.45, 2.75) is 6.92 Å². The summed E-state index contributed by atoms with van der Waals surface area (Å²) in [5, 5.41) is 2.11. The van der Waals surface area contributed by atoms with E-state index >= 15 is 0 Å². The van der Waals surface area contributed by atoms with E-state index in [0.29, 0.717) is 32.2 Å². The van der Waals surface area contributed by atoms with E-state index in [1.165, 1.54) is 6.20 Å². The summed E-state index contributed by atoms with van der Waals surface area (Å²) in [6.07, 6.45) is 5.38. The largest absolute Gasteiger partial charge is 1.00 e. The fourth-order valence-corrected chi connectivity index (χ4v) is 2.39. The average Bonchev–Trinajstić information content (AvgIpc) is 2.56. The quantitative estimate of drug-likeness (QED) is 0.243. The van der Waals surface area contributed by atoms with Crippen LogP contribution in [0.3, 0.4) is 0 Å². The topological polar surface area (TPSA) is 55.7 Å². The molecule has 27 heavy (non-hydrogen) atoms. The number of carbonyl (C=O) groups is 1. The summed E-state index contributed by atoms with van der Waals surface area (Å²) in [5.74, 6) is 0. The zero-order valence-corrected chi connectivity index (χ0v) is 18.0. The number of hydrogen-bond donors (Lipinski definition) is 0. The molecule has 0 amide bonds. The molecule has 0 saturated carbocycles. The zero-order chi connectivity index (χ0) is 19.5. The second kappa shape index (κ2) is 14.2. The van der Waals surface area contributed by atoms with Crippen molar-refractivity contribution in [3.63, 3.8) is 0 Å². The smallest absolute Gasteiger partial charge is 0.298 e. The molecule has 0 saturated heterocycles. The Labute approximate surface area is 194 Å².